The molecule has 1 aromatic carbocycles. The molecule has 100 valence electrons. The molecule has 0 heterocycles. The molecule has 3 atom stereocenters. The maximum atomic E-state index is 6.15. The number of nitrogens with one attached hydrogen (secondary N) is 1. The highest BCUT2D eigenvalue weighted by Gasteiger charge is 2.30. The fourth-order valence-corrected chi connectivity index (χ4v) is 2.73. The first-order valence-corrected chi connectivity index (χ1v) is 6.33. The molecule has 1 aromatic rings. The molecule has 0 aromatic heterocycles. The summed E-state index contributed by atoms with van der Waals surface area (Å²) in [4.78, 5) is 0. The van der Waals surface area contributed by atoms with E-state index in [-0.39, 0.29) is 24.4 Å². The van der Waals surface area contributed by atoms with Crippen LogP contribution in [0.3, 0.4) is 0 Å². The largest absolute Gasteiger partial charge is 0.354 e. The van der Waals surface area contributed by atoms with Crippen molar-refractivity contribution in [1.29, 1.82) is 0 Å². The lowest BCUT2D eigenvalue weighted by molar-refractivity contribution is -0.121. The minimum absolute atomic E-state index is 0.114. The van der Waals surface area contributed by atoms with Crippen molar-refractivity contribution >= 4 is 0 Å². The van der Waals surface area contributed by atoms with Crippen LogP contribution >= 0.6 is 0 Å². The summed E-state index contributed by atoms with van der Waals surface area (Å²) < 4.78 is 10.5. The van der Waals surface area contributed by atoms with Crippen LogP contribution in [0.25, 0.3) is 0 Å². The van der Waals surface area contributed by atoms with E-state index in [0.29, 0.717) is 0 Å². The maximum absolute atomic E-state index is 6.15. The predicted octanol–water partition coefficient (Wildman–Crippen LogP) is 1.73. The second kappa shape index (κ2) is 5.80. The van der Waals surface area contributed by atoms with Crippen LogP contribution in [0, 0.1) is 0 Å². The van der Waals surface area contributed by atoms with Crippen molar-refractivity contribution in [3.05, 3.63) is 35.4 Å². The molecule has 3 N–H and O–H groups in total. The molecular formula is C14H22N2O2. The first-order valence-electron chi connectivity index (χ1n) is 6.33. The normalized spacial score (nSPS) is 24.3. The third-order valence-electron chi connectivity index (χ3n) is 3.60. The Hall–Kier alpha value is -0.940. The molecule has 18 heavy (non-hydrogen) atoms. The maximum Gasteiger partial charge on any atom is 0.171 e. The number of nitrogens with two attached hydrogens (primary N) is 1. The van der Waals surface area contributed by atoms with E-state index in [1.807, 2.05) is 6.07 Å². The molecule has 2 rings (SSSR count). The molecule has 0 bridgehead atoms. The Balaban J connectivity index is 2.08. The van der Waals surface area contributed by atoms with Gasteiger partial charge in [-0.25, -0.2) is 0 Å². The van der Waals surface area contributed by atoms with Gasteiger partial charge in [0.15, 0.2) is 6.29 Å². The Morgan fingerprint density at radius 2 is 1.83 bits per heavy atom. The number of ether oxygens (including phenoxy) is 2. The van der Waals surface area contributed by atoms with Crippen molar-refractivity contribution in [3.8, 4) is 0 Å². The van der Waals surface area contributed by atoms with E-state index >= 15 is 0 Å². The van der Waals surface area contributed by atoms with Crippen molar-refractivity contribution in [3.63, 3.8) is 0 Å². The lowest BCUT2D eigenvalue weighted by Crippen LogP contribution is -2.41. The predicted molar refractivity (Wildman–Crippen MR) is 71.1 cm³/mol. The number of hydrogen-bond donors (Lipinski definition) is 2. The second-order valence-electron chi connectivity index (χ2n) is 4.82. The van der Waals surface area contributed by atoms with E-state index in [2.05, 4.69) is 30.4 Å². The Morgan fingerprint density at radius 1 is 1.22 bits per heavy atom. The highest BCUT2D eigenvalue weighted by atomic mass is 16.7. The summed E-state index contributed by atoms with van der Waals surface area (Å²) >= 11 is 0. The minimum Gasteiger partial charge on any atom is -0.354 e. The van der Waals surface area contributed by atoms with Crippen molar-refractivity contribution in [1.82, 2.24) is 5.32 Å². The van der Waals surface area contributed by atoms with E-state index in [4.69, 9.17) is 15.2 Å². The molecule has 4 heteroatoms. The molecule has 1 aliphatic rings. The van der Waals surface area contributed by atoms with Crippen LogP contribution in [0.15, 0.2) is 24.3 Å². The van der Waals surface area contributed by atoms with E-state index in [1.54, 1.807) is 14.2 Å². The van der Waals surface area contributed by atoms with Crippen LogP contribution in [0.2, 0.25) is 0 Å². The van der Waals surface area contributed by atoms with Crippen molar-refractivity contribution in [2.24, 2.45) is 5.73 Å². The number of methoxy groups -OCH3 is 2. The Kier molecular flexibility index (Phi) is 4.35. The fourth-order valence-electron chi connectivity index (χ4n) is 2.73. The van der Waals surface area contributed by atoms with Crippen LogP contribution in [0.5, 0.6) is 0 Å². The van der Waals surface area contributed by atoms with E-state index in [0.717, 1.165) is 6.42 Å². The number of fused-ring (bicyclic) bond motifs is 1. The topological polar surface area (TPSA) is 56.5 Å². The van der Waals surface area contributed by atoms with Crippen molar-refractivity contribution < 1.29 is 9.47 Å². The van der Waals surface area contributed by atoms with Gasteiger partial charge in [0.05, 0.1) is 6.04 Å². The van der Waals surface area contributed by atoms with Gasteiger partial charge < -0.3 is 20.5 Å². The van der Waals surface area contributed by atoms with Gasteiger partial charge in [0, 0.05) is 26.3 Å². The summed E-state index contributed by atoms with van der Waals surface area (Å²) in [6.07, 6.45) is 0.679. The van der Waals surface area contributed by atoms with Gasteiger partial charge in [0.1, 0.15) is 0 Å². The summed E-state index contributed by atoms with van der Waals surface area (Å²) in [5.74, 6) is 0. The Morgan fingerprint density at radius 3 is 2.44 bits per heavy atom. The van der Waals surface area contributed by atoms with Crippen LogP contribution < -0.4 is 11.1 Å². The van der Waals surface area contributed by atoms with Crippen LogP contribution in [0.1, 0.15) is 36.6 Å². The van der Waals surface area contributed by atoms with E-state index in [1.165, 1.54) is 11.1 Å². The summed E-state index contributed by atoms with van der Waals surface area (Å²) in [7, 11) is 3.31. The SMILES string of the molecule is COC(OC)C(C)NC1CC(N)c2ccccc21. The van der Waals surface area contributed by atoms with Gasteiger partial charge in [-0.1, -0.05) is 24.3 Å². The molecule has 0 radical (unpaired) electrons. The van der Waals surface area contributed by atoms with E-state index < -0.39 is 0 Å². The molecule has 0 aliphatic heterocycles. The van der Waals surface area contributed by atoms with Gasteiger partial charge in [-0.3, -0.25) is 0 Å². The lowest BCUT2D eigenvalue weighted by atomic mass is 10.1. The smallest absolute Gasteiger partial charge is 0.171 e. The van der Waals surface area contributed by atoms with Gasteiger partial charge in [-0.2, -0.15) is 0 Å². The standard InChI is InChI=1S/C14H22N2O2/c1-9(14(17-2)18-3)16-13-8-12(15)10-6-4-5-7-11(10)13/h4-7,9,12-14,16H,8,15H2,1-3H3. The molecule has 0 amide bonds. The van der Waals surface area contributed by atoms with Crippen LogP contribution in [0.4, 0.5) is 0 Å². The first kappa shape index (κ1) is 13.5. The summed E-state index contributed by atoms with van der Waals surface area (Å²) in [5, 5.41) is 3.54. The van der Waals surface area contributed by atoms with Crippen LogP contribution in [-0.4, -0.2) is 26.6 Å². The second-order valence-corrected chi connectivity index (χ2v) is 4.82. The number of rotatable bonds is 5. The van der Waals surface area contributed by atoms with Gasteiger partial charge >= 0.3 is 0 Å². The lowest BCUT2D eigenvalue weighted by Gasteiger charge is -2.26. The molecule has 3 unspecified atom stereocenters. The highest BCUT2D eigenvalue weighted by Crippen LogP contribution is 2.37. The highest BCUT2D eigenvalue weighted by molar-refractivity contribution is 5.37. The molecule has 0 saturated heterocycles. The number of benzene rings is 1. The third kappa shape index (κ3) is 2.57. The zero-order valence-electron chi connectivity index (χ0n) is 11.2. The molecule has 4 nitrogen and oxygen atoms in total. The van der Waals surface area contributed by atoms with E-state index in [9.17, 15) is 0 Å². The van der Waals surface area contributed by atoms with Crippen molar-refractivity contribution in [2.45, 2.75) is 37.8 Å². The molecule has 0 saturated carbocycles. The zero-order valence-corrected chi connectivity index (χ0v) is 11.2. The Bertz CT molecular complexity index is 393. The minimum atomic E-state index is -0.242. The van der Waals surface area contributed by atoms with Crippen LogP contribution in [-0.2, 0) is 9.47 Å². The number of hydrogen-bond acceptors (Lipinski definition) is 4. The summed E-state index contributed by atoms with van der Waals surface area (Å²) in [5.41, 5.74) is 8.69. The summed E-state index contributed by atoms with van der Waals surface area (Å²) in [6, 6.07) is 8.85. The average Bonchev–Trinajstić information content (AvgIpc) is 2.69. The van der Waals surface area contributed by atoms with Crippen molar-refractivity contribution in [2.75, 3.05) is 14.2 Å². The zero-order chi connectivity index (χ0) is 13.1. The summed E-state index contributed by atoms with van der Waals surface area (Å²) in [6.45, 7) is 2.06. The van der Waals surface area contributed by atoms with Gasteiger partial charge in [-0.15, -0.1) is 0 Å². The molecule has 0 fully saturated rings. The van der Waals surface area contributed by atoms with Gasteiger partial charge in [0.2, 0.25) is 0 Å². The van der Waals surface area contributed by atoms with Gasteiger partial charge in [0.25, 0.3) is 0 Å². The molecular weight excluding hydrogens is 228 g/mol. The molecule has 1 aliphatic carbocycles. The molecule has 0 spiro atoms. The average molecular weight is 250 g/mol. The first-order chi connectivity index (χ1) is 8.67. The van der Waals surface area contributed by atoms with Gasteiger partial charge in [-0.05, 0) is 24.5 Å². The fraction of sp³-hybridized carbons (Fsp3) is 0.571. The third-order valence-corrected chi connectivity index (χ3v) is 3.60. The monoisotopic (exact) mass is 250 g/mol. The Labute approximate surface area is 108 Å². The quantitative estimate of drug-likeness (QED) is 0.781.